The first-order valence-corrected chi connectivity index (χ1v) is 12.0. The molecule has 7 heteroatoms. The van der Waals surface area contributed by atoms with Crippen molar-refractivity contribution in [1.29, 1.82) is 0 Å². The zero-order valence-electron chi connectivity index (χ0n) is 17.4. The molecule has 1 aliphatic carbocycles. The molecule has 1 aliphatic heterocycles. The number of nitrogens with zero attached hydrogens (tertiary/aromatic N) is 3. The molecule has 2 aliphatic rings. The van der Waals surface area contributed by atoms with Crippen molar-refractivity contribution in [2.75, 3.05) is 0 Å². The van der Waals surface area contributed by atoms with Gasteiger partial charge in [0, 0.05) is 28.9 Å². The first-order chi connectivity index (χ1) is 15.7. The molecule has 0 unspecified atom stereocenters. The van der Waals surface area contributed by atoms with Crippen molar-refractivity contribution in [1.82, 2.24) is 9.88 Å². The normalized spacial score (nSPS) is 19.9. The van der Waals surface area contributed by atoms with E-state index in [1.165, 1.54) is 18.2 Å². The van der Waals surface area contributed by atoms with E-state index in [4.69, 9.17) is 21.0 Å². The molecule has 32 heavy (non-hydrogen) atoms. The first-order valence-electron chi connectivity index (χ1n) is 10.8. The van der Waals surface area contributed by atoms with E-state index in [1.807, 2.05) is 59.5 Å². The van der Waals surface area contributed by atoms with Crippen LogP contribution in [0.4, 0.5) is 5.82 Å². The number of aliphatic imine (C=N–C) groups is 1. The number of amides is 1. The van der Waals surface area contributed by atoms with Gasteiger partial charge in [-0.1, -0.05) is 49.1 Å². The second-order valence-corrected chi connectivity index (χ2v) is 9.32. The zero-order chi connectivity index (χ0) is 21.9. The van der Waals surface area contributed by atoms with Crippen molar-refractivity contribution >= 4 is 46.3 Å². The molecule has 3 aromatic rings. The summed E-state index contributed by atoms with van der Waals surface area (Å²) in [7, 11) is 0. The average molecular weight is 464 g/mol. The quantitative estimate of drug-likeness (QED) is 0.393. The van der Waals surface area contributed by atoms with Crippen molar-refractivity contribution in [3.05, 3.63) is 76.5 Å². The lowest BCUT2D eigenvalue weighted by Gasteiger charge is -2.30. The zero-order valence-corrected chi connectivity index (χ0v) is 19.0. The minimum Gasteiger partial charge on any atom is -0.457 e. The van der Waals surface area contributed by atoms with Crippen molar-refractivity contribution in [2.45, 2.75) is 38.1 Å². The van der Waals surface area contributed by atoms with Gasteiger partial charge in [0.2, 0.25) is 0 Å². The number of hydrogen-bond donors (Lipinski definition) is 0. The Labute approximate surface area is 196 Å². The molecule has 3 heterocycles. The molecule has 5 nitrogen and oxygen atoms in total. The molecule has 0 atom stereocenters. The highest BCUT2D eigenvalue weighted by molar-refractivity contribution is 8.18. The summed E-state index contributed by atoms with van der Waals surface area (Å²) in [6, 6.07) is 17.1. The number of halogens is 1. The number of hydrogen-bond acceptors (Lipinski definition) is 5. The van der Waals surface area contributed by atoms with Crippen LogP contribution >= 0.6 is 23.4 Å². The molecule has 1 amide bonds. The maximum atomic E-state index is 13.4. The van der Waals surface area contributed by atoms with Gasteiger partial charge in [-0.15, -0.1) is 0 Å². The van der Waals surface area contributed by atoms with Crippen LogP contribution in [-0.2, 0) is 4.79 Å². The van der Waals surface area contributed by atoms with E-state index in [0.29, 0.717) is 32.4 Å². The van der Waals surface area contributed by atoms with Crippen LogP contribution in [0.1, 0.15) is 37.9 Å². The van der Waals surface area contributed by atoms with Gasteiger partial charge >= 0.3 is 0 Å². The first kappa shape index (κ1) is 21.0. The number of carbonyl (C=O) groups excluding carboxylic acids is 1. The molecule has 2 fully saturated rings. The predicted octanol–water partition coefficient (Wildman–Crippen LogP) is 6.93. The molecule has 1 aromatic carbocycles. The van der Waals surface area contributed by atoms with Crippen LogP contribution in [0.3, 0.4) is 0 Å². The number of amidine groups is 1. The van der Waals surface area contributed by atoms with Crippen molar-refractivity contribution in [3.63, 3.8) is 0 Å². The lowest BCUT2D eigenvalue weighted by molar-refractivity contribution is -0.124. The van der Waals surface area contributed by atoms with Crippen LogP contribution in [0.5, 0.6) is 0 Å². The fourth-order valence-electron chi connectivity index (χ4n) is 4.10. The third kappa shape index (κ3) is 4.52. The lowest BCUT2D eigenvalue weighted by atomic mass is 9.94. The van der Waals surface area contributed by atoms with E-state index in [1.54, 1.807) is 12.3 Å². The summed E-state index contributed by atoms with van der Waals surface area (Å²) >= 11 is 7.49. The summed E-state index contributed by atoms with van der Waals surface area (Å²) in [5.74, 6) is 1.92. The highest BCUT2D eigenvalue weighted by Gasteiger charge is 2.39. The van der Waals surface area contributed by atoms with E-state index in [2.05, 4.69) is 4.98 Å². The van der Waals surface area contributed by atoms with E-state index in [9.17, 15) is 4.79 Å². The SMILES string of the molecule is O=C1/C(=C\c2ccc(-c3cccc(Cl)c3)o2)S/C(=N/c2ccccn2)N1C1CCCCC1. The van der Waals surface area contributed by atoms with Gasteiger partial charge in [0.15, 0.2) is 11.0 Å². The smallest absolute Gasteiger partial charge is 0.267 e. The van der Waals surface area contributed by atoms with Gasteiger partial charge in [0.05, 0.1) is 4.91 Å². The number of furan rings is 1. The van der Waals surface area contributed by atoms with E-state index in [0.717, 1.165) is 31.2 Å². The van der Waals surface area contributed by atoms with E-state index in [-0.39, 0.29) is 11.9 Å². The maximum Gasteiger partial charge on any atom is 0.267 e. The number of aromatic nitrogens is 1. The van der Waals surface area contributed by atoms with Gasteiger partial charge in [-0.05, 0) is 61.0 Å². The average Bonchev–Trinajstić information content (AvgIpc) is 3.40. The third-order valence-corrected chi connectivity index (χ3v) is 6.86. The van der Waals surface area contributed by atoms with E-state index < -0.39 is 0 Å². The molecule has 1 saturated heterocycles. The molecule has 0 radical (unpaired) electrons. The Morgan fingerprint density at radius 2 is 1.97 bits per heavy atom. The lowest BCUT2D eigenvalue weighted by Crippen LogP contribution is -2.40. The number of carbonyl (C=O) groups is 1. The van der Waals surface area contributed by atoms with Crippen molar-refractivity contribution in [2.24, 2.45) is 4.99 Å². The number of thioether (sulfide) groups is 1. The van der Waals surface area contributed by atoms with Crippen LogP contribution in [0.25, 0.3) is 17.4 Å². The molecular formula is C25H22ClN3O2S. The summed E-state index contributed by atoms with van der Waals surface area (Å²) in [6.07, 6.45) is 9.01. The van der Waals surface area contributed by atoms with Gasteiger partial charge in [-0.25, -0.2) is 9.98 Å². The molecule has 0 N–H and O–H groups in total. The Morgan fingerprint density at radius 3 is 2.75 bits per heavy atom. The second kappa shape index (κ2) is 9.35. The van der Waals surface area contributed by atoms with Gasteiger partial charge in [0.25, 0.3) is 5.91 Å². The predicted molar refractivity (Wildman–Crippen MR) is 130 cm³/mol. The molecule has 2 aromatic heterocycles. The van der Waals surface area contributed by atoms with Crippen LogP contribution in [-0.4, -0.2) is 27.0 Å². The minimum atomic E-state index is -0.0164. The molecule has 162 valence electrons. The fourth-order valence-corrected chi connectivity index (χ4v) is 5.32. The van der Waals surface area contributed by atoms with Crippen molar-refractivity contribution < 1.29 is 9.21 Å². The summed E-state index contributed by atoms with van der Waals surface area (Å²) in [5, 5.41) is 1.34. The van der Waals surface area contributed by atoms with E-state index >= 15 is 0 Å². The Balaban J connectivity index is 1.46. The standard InChI is InChI=1S/C25H22ClN3O2S/c26-18-8-6-7-17(15-18)21-13-12-20(31-21)16-22-24(30)29(19-9-2-1-3-10-19)25(32-22)28-23-11-4-5-14-27-23/h4-8,11-16,19H,1-3,9-10H2/b22-16+,28-25+. The molecule has 0 bridgehead atoms. The number of pyridine rings is 1. The number of rotatable bonds is 4. The Morgan fingerprint density at radius 1 is 1.09 bits per heavy atom. The van der Waals surface area contributed by atoms with Crippen LogP contribution in [0.15, 0.2) is 75.1 Å². The molecular weight excluding hydrogens is 442 g/mol. The highest BCUT2D eigenvalue weighted by atomic mass is 35.5. The summed E-state index contributed by atoms with van der Waals surface area (Å²) in [6.45, 7) is 0. The Bertz CT molecular complexity index is 1180. The molecule has 0 spiro atoms. The summed E-state index contributed by atoms with van der Waals surface area (Å²) < 4.78 is 6.00. The Kier molecular flexibility index (Phi) is 6.14. The third-order valence-electron chi connectivity index (χ3n) is 5.65. The minimum absolute atomic E-state index is 0.0164. The largest absolute Gasteiger partial charge is 0.457 e. The monoisotopic (exact) mass is 463 g/mol. The number of benzene rings is 1. The summed E-state index contributed by atoms with van der Waals surface area (Å²) in [5.41, 5.74) is 0.897. The van der Waals surface area contributed by atoms with Gasteiger partial charge in [-0.2, -0.15) is 0 Å². The highest BCUT2D eigenvalue weighted by Crippen LogP contribution is 2.38. The van der Waals surface area contributed by atoms with Crippen LogP contribution < -0.4 is 0 Å². The second-order valence-electron chi connectivity index (χ2n) is 7.87. The van der Waals surface area contributed by atoms with Gasteiger partial charge in [0.1, 0.15) is 11.5 Å². The van der Waals surface area contributed by atoms with Gasteiger partial charge < -0.3 is 4.42 Å². The topological polar surface area (TPSA) is 58.7 Å². The fraction of sp³-hybridized carbons (Fsp3) is 0.240. The maximum absolute atomic E-state index is 13.4. The molecule has 1 saturated carbocycles. The van der Waals surface area contributed by atoms with Gasteiger partial charge in [-0.3, -0.25) is 9.69 Å². The van der Waals surface area contributed by atoms with Crippen LogP contribution in [0.2, 0.25) is 5.02 Å². The van der Waals surface area contributed by atoms with Crippen LogP contribution in [0, 0.1) is 0 Å². The molecule has 5 rings (SSSR count). The Hall–Kier alpha value is -2.83. The van der Waals surface area contributed by atoms with Crippen molar-refractivity contribution in [3.8, 4) is 11.3 Å². The summed E-state index contributed by atoms with van der Waals surface area (Å²) in [4.78, 5) is 24.9.